The summed E-state index contributed by atoms with van der Waals surface area (Å²) in [6, 6.07) is 30.6. The molecule has 0 aliphatic heterocycles. The number of hydrogen-bond acceptors (Lipinski definition) is 3. The number of anilines is 1. The van der Waals surface area contributed by atoms with Gasteiger partial charge < -0.3 is 5.32 Å². The van der Waals surface area contributed by atoms with E-state index in [1.165, 1.54) is 0 Å². The van der Waals surface area contributed by atoms with Gasteiger partial charge in [0.15, 0.2) is 0 Å². The lowest BCUT2D eigenvalue weighted by Crippen LogP contribution is -2.42. The zero-order valence-electron chi connectivity index (χ0n) is 20.1. The van der Waals surface area contributed by atoms with Crippen LogP contribution in [0.3, 0.4) is 0 Å². The molecule has 4 aromatic rings. The minimum absolute atomic E-state index is 0.127. The van der Waals surface area contributed by atoms with Crippen molar-refractivity contribution in [1.29, 1.82) is 0 Å². The molecule has 0 saturated heterocycles. The van der Waals surface area contributed by atoms with E-state index in [2.05, 4.69) is 21.2 Å². The first-order valence-corrected chi connectivity index (χ1v) is 13.7. The Hall–Kier alpha value is -3.42. The predicted molar refractivity (Wildman–Crippen MR) is 147 cm³/mol. The third kappa shape index (κ3) is 6.04. The second-order valence-corrected chi connectivity index (χ2v) is 11.4. The molecule has 1 N–H and O–H groups in total. The van der Waals surface area contributed by atoms with Crippen LogP contribution in [0, 0.1) is 13.8 Å². The molecule has 4 aromatic carbocycles. The van der Waals surface area contributed by atoms with Crippen LogP contribution < -0.4 is 9.62 Å². The normalized spacial score (nSPS) is 12.1. The van der Waals surface area contributed by atoms with Crippen LogP contribution in [0.15, 0.2) is 112 Å². The molecular weight excluding hydrogens is 536 g/mol. The average molecular weight is 564 g/mol. The van der Waals surface area contributed by atoms with Crippen LogP contribution >= 0.6 is 15.9 Å². The Kier molecular flexibility index (Phi) is 7.91. The van der Waals surface area contributed by atoms with E-state index in [1.54, 1.807) is 48.5 Å². The van der Waals surface area contributed by atoms with Gasteiger partial charge >= 0.3 is 0 Å². The van der Waals surface area contributed by atoms with Crippen molar-refractivity contribution in [2.24, 2.45) is 0 Å². The van der Waals surface area contributed by atoms with Gasteiger partial charge in [-0.2, -0.15) is 0 Å². The Labute approximate surface area is 221 Å². The van der Waals surface area contributed by atoms with Gasteiger partial charge in [-0.15, -0.1) is 0 Å². The summed E-state index contributed by atoms with van der Waals surface area (Å²) in [6.45, 7) is 3.53. The van der Waals surface area contributed by atoms with Gasteiger partial charge in [-0.05, 0) is 61.4 Å². The highest BCUT2D eigenvalue weighted by Gasteiger charge is 2.28. The largest absolute Gasteiger partial charge is 0.344 e. The van der Waals surface area contributed by atoms with E-state index in [-0.39, 0.29) is 11.4 Å². The molecule has 0 fully saturated rings. The molecule has 0 aliphatic rings. The van der Waals surface area contributed by atoms with E-state index < -0.39 is 22.0 Å². The van der Waals surface area contributed by atoms with E-state index in [9.17, 15) is 13.2 Å². The lowest BCUT2D eigenvalue weighted by molar-refractivity contribution is -0.120. The fourth-order valence-electron chi connectivity index (χ4n) is 3.86. The molecule has 0 unspecified atom stereocenters. The highest BCUT2D eigenvalue weighted by molar-refractivity contribution is 9.10. The van der Waals surface area contributed by atoms with E-state index in [4.69, 9.17) is 0 Å². The summed E-state index contributed by atoms with van der Waals surface area (Å²) in [5.74, 6) is -0.414. The van der Waals surface area contributed by atoms with E-state index in [0.29, 0.717) is 5.69 Å². The molecule has 0 spiro atoms. The Balaban J connectivity index is 1.68. The maximum absolute atomic E-state index is 13.7. The number of hydrogen-bond donors (Lipinski definition) is 1. The van der Waals surface area contributed by atoms with Crippen molar-refractivity contribution < 1.29 is 13.2 Å². The number of sulfonamides is 1. The molecule has 1 atom stereocenters. The molecule has 4 rings (SSSR count). The number of rotatable bonds is 8. The predicted octanol–water partition coefficient (Wildman–Crippen LogP) is 6.17. The first-order chi connectivity index (χ1) is 17.2. The summed E-state index contributed by atoms with van der Waals surface area (Å²) in [6.07, 6.45) is 0. The average Bonchev–Trinajstić information content (AvgIpc) is 2.88. The van der Waals surface area contributed by atoms with Gasteiger partial charge in [0, 0.05) is 4.47 Å². The molecule has 0 aliphatic carbocycles. The summed E-state index contributed by atoms with van der Waals surface area (Å²) in [7, 11) is -3.99. The molecule has 0 bridgehead atoms. The zero-order valence-corrected chi connectivity index (χ0v) is 22.5. The molecule has 0 radical (unpaired) electrons. The highest BCUT2D eigenvalue weighted by atomic mass is 79.9. The Bertz CT molecular complexity index is 1420. The second kappa shape index (κ2) is 11.1. The van der Waals surface area contributed by atoms with Gasteiger partial charge in [0.25, 0.3) is 10.0 Å². The van der Waals surface area contributed by atoms with E-state index in [0.717, 1.165) is 31.0 Å². The Morgan fingerprint density at radius 1 is 0.778 bits per heavy atom. The van der Waals surface area contributed by atoms with Crippen LogP contribution in [0.25, 0.3) is 0 Å². The minimum atomic E-state index is -3.99. The van der Waals surface area contributed by atoms with Crippen LogP contribution in [-0.2, 0) is 14.8 Å². The molecular formula is C29H27BrN2O3S. The summed E-state index contributed by atoms with van der Waals surface area (Å²) in [4.78, 5) is 13.6. The molecule has 36 heavy (non-hydrogen) atoms. The number of carbonyl (C=O) groups is 1. The maximum atomic E-state index is 13.7. The first kappa shape index (κ1) is 25.7. The summed E-state index contributed by atoms with van der Waals surface area (Å²) in [5, 5.41) is 3.06. The molecule has 7 heteroatoms. The van der Waals surface area contributed by atoms with Gasteiger partial charge in [0.2, 0.25) is 5.91 Å². The van der Waals surface area contributed by atoms with Crippen LogP contribution in [-0.4, -0.2) is 20.9 Å². The molecule has 1 amide bonds. The van der Waals surface area contributed by atoms with Crippen molar-refractivity contribution in [3.05, 3.63) is 130 Å². The van der Waals surface area contributed by atoms with Crippen molar-refractivity contribution in [3.63, 3.8) is 0 Å². The van der Waals surface area contributed by atoms with Crippen molar-refractivity contribution in [3.8, 4) is 0 Å². The fraction of sp³-hybridized carbons (Fsp3) is 0.138. The van der Waals surface area contributed by atoms with Gasteiger partial charge in [-0.25, -0.2) is 8.42 Å². The molecule has 0 aromatic heterocycles. The third-order valence-corrected chi connectivity index (χ3v) is 8.18. The third-order valence-electron chi connectivity index (χ3n) is 5.86. The zero-order chi connectivity index (χ0) is 25.7. The number of amides is 1. The summed E-state index contributed by atoms with van der Waals surface area (Å²) >= 11 is 3.39. The molecule has 0 heterocycles. The van der Waals surface area contributed by atoms with Crippen LogP contribution in [0.4, 0.5) is 5.69 Å². The number of aryl methyl sites for hydroxylation is 2. The quantitative estimate of drug-likeness (QED) is 0.279. The number of nitrogens with zero attached hydrogens (tertiary/aromatic N) is 1. The summed E-state index contributed by atoms with van der Waals surface area (Å²) < 4.78 is 29.3. The van der Waals surface area contributed by atoms with Crippen molar-refractivity contribution in [2.45, 2.75) is 24.8 Å². The number of halogens is 1. The lowest BCUT2D eigenvalue weighted by atomic mass is 9.98. The highest BCUT2D eigenvalue weighted by Crippen LogP contribution is 2.27. The van der Waals surface area contributed by atoms with Gasteiger partial charge in [-0.1, -0.05) is 93.8 Å². The molecule has 0 saturated carbocycles. The molecule has 184 valence electrons. The van der Waals surface area contributed by atoms with Gasteiger partial charge in [0.1, 0.15) is 6.54 Å². The van der Waals surface area contributed by atoms with Crippen molar-refractivity contribution in [1.82, 2.24) is 5.32 Å². The Morgan fingerprint density at radius 3 is 1.89 bits per heavy atom. The smallest absolute Gasteiger partial charge is 0.264 e. The van der Waals surface area contributed by atoms with Crippen LogP contribution in [0.2, 0.25) is 0 Å². The maximum Gasteiger partial charge on any atom is 0.264 e. The first-order valence-electron chi connectivity index (χ1n) is 11.5. The van der Waals surface area contributed by atoms with E-state index in [1.807, 2.05) is 68.4 Å². The number of carbonyl (C=O) groups excluding carboxylic acids is 1. The SMILES string of the molecule is Cc1ccc([C@H](NC(=O)CN(c2ccc(Br)cc2)S(=O)(=O)c2ccc(C)cc2)c2ccccc2)cc1. The second-order valence-electron chi connectivity index (χ2n) is 8.62. The van der Waals surface area contributed by atoms with Gasteiger partial charge in [-0.3, -0.25) is 9.10 Å². The van der Waals surface area contributed by atoms with Gasteiger partial charge in [0.05, 0.1) is 16.6 Å². The van der Waals surface area contributed by atoms with Crippen LogP contribution in [0.5, 0.6) is 0 Å². The minimum Gasteiger partial charge on any atom is -0.344 e. The monoisotopic (exact) mass is 562 g/mol. The fourth-order valence-corrected chi connectivity index (χ4v) is 5.55. The van der Waals surface area contributed by atoms with Crippen LogP contribution in [0.1, 0.15) is 28.3 Å². The lowest BCUT2D eigenvalue weighted by Gasteiger charge is -2.26. The number of nitrogens with one attached hydrogen (secondary N) is 1. The standard InChI is InChI=1S/C29H27BrN2O3S/c1-21-8-12-24(13-9-21)29(23-6-4-3-5-7-23)31-28(33)20-32(26-16-14-25(30)15-17-26)36(34,35)27-18-10-22(2)11-19-27/h3-19,29H,20H2,1-2H3,(H,31,33)/t29-/m1/s1. The Morgan fingerprint density at radius 2 is 1.31 bits per heavy atom. The van der Waals surface area contributed by atoms with Crippen molar-refractivity contribution in [2.75, 3.05) is 10.8 Å². The topological polar surface area (TPSA) is 66.5 Å². The van der Waals surface area contributed by atoms with Crippen molar-refractivity contribution >= 4 is 37.5 Å². The summed E-state index contributed by atoms with van der Waals surface area (Å²) in [5.41, 5.74) is 4.29. The van der Waals surface area contributed by atoms with E-state index >= 15 is 0 Å². The molecule has 5 nitrogen and oxygen atoms in total. The number of benzene rings is 4.